The summed E-state index contributed by atoms with van der Waals surface area (Å²) in [5, 5.41) is 6.75. The van der Waals surface area contributed by atoms with Crippen molar-refractivity contribution < 1.29 is 14.3 Å². The maximum Gasteiger partial charge on any atom is 0.354 e. The zero-order valence-electron chi connectivity index (χ0n) is 17.6. The maximum atomic E-state index is 12.5. The molecule has 2 N–H and O–H groups in total. The van der Waals surface area contributed by atoms with Crippen molar-refractivity contribution in [2.24, 2.45) is 13.0 Å². The van der Waals surface area contributed by atoms with Crippen molar-refractivity contribution >= 4 is 22.9 Å². The van der Waals surface area contributed by atoms with Gasteiger partial charge in [0.2, 0.25) is 0 Å². The first-order chi connectivity index (χ1) is 14.0. The summed E-state index contributed by atoms with van der Waals surface area (Å²) in [5.41, 5.74) is 1.62. The van der Waals surface area contributed by atoms with E-state index in [0.717, 1.165) is 43.4 Å². The molecule has 0 aliphatic carbocycles. The van der Waals surface area contributed by atoms with E-state index in [2.05, 4.69) is 15.5 Å². The Balaban J connectivity index is 1.42. The molecule has 7 nitrogen and oxygen atoms in total. The van der Waals surface area contributed by atoms with Crippen molar-refractivity contribution in [2.75, 3.05) is 32.8 Å². The summed E-state index contributed by atoms with van der Waals surface area (Å²) in [6.07, 6.45) is 1.99. The van der Waals surface area contributed by atoms with Gasteiger partial charge < -0.3 is 24.8 Å². The third kappa shape index (κ3) is 5.50. The standard InChI is InChI=1S/C22H32N4O3/c1-4-23-22(28)24-16(2)14-26-11-9-17(10-12-26)15-29-21(27)20-13-18-7-5-6-8-19(18)25(20)3/h5-8,13,16-17H,4,9-12,14-15H2,1-3H3,(H2,23,24,28)/t16-/m0/s1. The van der Waals surface area contributed by atoms with Crippen molar-refractivity contribution in [1.82, 2.24) is 20.1 Å². The van der Waals surface area contributed by atoms with Crippen LogP contribution in [-0.2, 0) is 11.8 Å². The number of nitrogens with one attached hydrogen (secondary N) is 2. The van der Waals surface area contributed by atoms with E-state index in [0.29, 0.717) is 24.8 Å². The first-order valence-electron chi connectivity index (χ1n) is 10.5. The van der Waals surface area contributed by atoms with E-state index < -0.39 is 0 Å². The summed E-state index contributed by atoms with van der Waals surface area (Å²) in [4.78, 5) is 26.5. The topological polar surface area (TPSA) is 75.6 Å². The second-order valence-electron chi connectivity index (χ2n) is 7.89. The molecule has 0 bridgehead atoms. The maximum absolute atomic E-state index is 12.5. The van der Waals surface area contributed by atoms with Gasteiger partial charge in [0, 0.05) is 37.1 Å². The fourth-order valence-electron chi connectivity index (χ4n) is 3.96. The Morgan fingerprint density at radius 2 is 1.97 bits per heavy atom. The number of carbonyl (C=O) groups excluding carboxylic acids is 2. The van der Waals surface area contributed by atoms with Crippen LogP contribution >= 0.6 is 0 Å². The number of hydrogen-bond acceptors (Lipinski definition) is 4. The summed E-state index contributed by atoms with van der Waals surface area (Å²) in [5.74, 6) is 0.127. The Bertz CT molecular complexity index is 840. The number of nitrogens with zero attached hydrogens (tertiary/aromatic N) is 2. The predicted molar refractivity (Wildman–Crippen MR) is 114 cm³/mol. The van der Waals surface area contributed by atoms with Gasteiger partial charge in [-0.3, -0.25) is 0 Å². The minimum atomic E-state index is -0.258. The van der Waals surface area contributed by atoms with Crippen LogP contribution in [0.4, 0.5) is 4.79 Å². The van der Waals surface area contributed by atoms with Crippen LogP contribution in [0.1, 0.15) is 37.2 Å². The number of esters is 1. The van der Waals surface area contributed by atoms with E-state index >= 15 is 0 Å². The third-order valence-electron chi connectivity index (χ3n) is 5.56. The molecule has 1 aliphatic rings. The average Bonchev–Trinajstić information content (AvgIpc) is 3.04. The molecule has 0 saturated carbocycles. The molecule has 1 atom stereocenters. The molecule has 3 rings (SSSR count). The summed E-state index contributed by atoms with van der Waals surface area (Å²) in [6.45, 7) is 7.76. The van der Waals surface area contributed by atoms with Gasteiger partial charge in [-0.15, -0.1) is 0 Å². The Morgan fingerprint density at radius 1 is 1.24 bits per heavy atom. The average molecular weight is 401 g/mol. The number of carbonyl (C=O) groups is 2. The van der Waals surface area contributed by atoms with E-state index in [1.54, 1.807) is 0 Å². The van der Waals surface area contributed by atoms with Gasteiger partial charge >= 0.3 is 12.0 Å². The van der Waals surface area contributed by atoms with E-state index in [1.165, 1.54) is 0 Å². The van der Waals surface area contributed by atoms with E-state index in [-0.39, 0.29) is 18.0 Å². The van der Waals surface area contributed by atoms with Crippen molar-refractivity contribution in [3.8, 4) is 0 Å². The van der Waals surface area contributed by atoms with Crippen LogP contribution in [0.3, 0.4) is 0 Å². The highest BCUT2D eigenvalue weighted by Crippen LogP contribution is 2.21. The van der Waals surface area contributed by atoms with Crippen LogP contribution < -0.4 is 10.6 Å². The number of aryl methyl sites for hydroxylation is 1. The number of urea groups is 1. The van der Waals surface area contributed by atoms with Crippen molar-refractivity contribution in [2.45, 2.75) is 32.7 Å². The van der Waals surface area contributed by atoms with E-state index in [1.807, 2.05) is 55.8 Å². The van der Waals surface area contributed by atoms with Crippen LogP contribution in [0.25, 0.3) is 10.9 Å². The molecule has 1 saturated heterocycles. The van der Waals surface area contributed by atoms with Gasteiger partial charge in [0.1, 0.15) is 5.69 Å². The number of amides is 2. The number of fused-ring (bicyclic) bond motifs is 1. The molecule has 1 aromatic carbocycles. The van der Waals surface area contributed by atoms with Gasteiger partial charge in [-0.25, -0.2) is 9.59 Å². The Hall–Kier alpha value is -2.54. The number of aromatic nitrogens is 1. The van der Waals surface area contributed by atoms with E-state index in [9.17, 15) is 9.59 Å². The number of ether oxygens (including phenoxy) is 1. The highest BCUT2D eigenvalue weighted by atomic mass is 16.5. The van der Waals surface area contributed by atoms with E-state index in [4.69, 9.17) is 4.74 Å². The van der Waals surface area contributed by atoms with Gasteiger partial charge in [-0.2, -0.15) is 0 Å². The molecule has 2 amide bonds. The number of piperidine rings is 1. The summed E-state index contributed by atoms with van der Waals surface area (Å²) in [7, 11) is 1.90. The van der Waals surface area contributed by atoms with Gasteiger partial charge in [-0.05, 0) is 57.8 Å². The monoisotopic (exact) mass is 400 g/mol. The Morgan fingerprint density at radius 3 is 2.66 bits per heavy atom. The minimum Gasteiger partial charge on any atom is -0.461 e. The summed E-state index contributed by atoms with van der Waals surface area (Å²) >= 11 is 0. The van der Waals surface area contributed by atoms with Crippen molar-refractivity contribution in [3.05, 3.63) is 36.0 Å². The SMILES string of the molecule is CCNC(=O)N[C@@H](C)CN1CCC(COC(=O)c2cc3ccccc3n2C)CC1. The zero-order chi connectivity index (χ0) is 20.8. The summed E-state index contributed by atoms with van der Waals surface area (Å²) < 4.78 is 7.52. The second-order valence-corrected chi connectivity index (χ2v) is 7.89. The minimum absolute atomic E-state index is 0.0994. The fraction of sp³-hybridized carbons (Fsp3) is 0.545. The lowest BCUT2D eigenvalue weighted by atomic mass is 9.97. The van der Waals surface area contributed by atoms with Crippen LogP contribution in [-0.4, -0.2) is 60.3 Å². The summed E-state index contributed by atoms with van der Waals surface area (Å²) in [6, 6.07) is 9.82. The Kier molecular flexibility index (Phi) is 7.14. The third-order valence-corrected chi connectivity index (χ3v) is 5.56. The molecule has 0 radical (unpaired) electrons. The quantitative estimate of drug-likeness (QED) is 0.701. The molecule has 0 spiro atoms. The molecule has 1 fully saturated rings. The molecule has 2 aromatic rings. The molecule has 7 heteroatoms. The number of para-hydroxylation sites is 1. The smallest absolute Gasteiger partial charge is 0.354 e. The fourth-order valence-corrected chi connectivity index (χ4v) is 3.96. The number of rotatable bonds is 7. The second kappa shape index (κ2) is 9.78. The number of hydrogen-bond donors (Lipinski definition) is 2. The van der Waals surface area contributed by atoms with Crippen molar-refractivity contribution in [1.29, 1.82) is 0 Å². The molecule has 158 valence electrons. The molecule has 0 unspecified atom stereocenters. The Labute approximate surface area is 172 Å². The lowest BCUT2D eigenvalue weighted by Gasteiger charge is -2.33. The molecule has 1 aliphatic heterocycles. The molecular weight excluding hydrogens is 368 g/mol. The van der Waals surface area contributed by atoms with Crippen LogP contribution in [0.2, 0.25) is 0 Å². The van der Waals surface area contributed by atoms with Crippen LogP contribution in [0.5, 0.6) is 0 Å². The largest absolute Gasteiger partial charge is 0.461 e. The highest BCUT2D eigenvalue weighted by molar-refractivity contribution is 5.95. The van der Waals surface area contributed by atoms with Gasteiger partial charge in [0.25, 0.3) is 0 Å². The van der Waals surface area contributed by atoms with Gasteiger partial charge in [0.15, 0.2) is 0 Å². The first kappa shape index (κ1) is 21.2. The predicted octanol–water partition coefficient (Wildman–Crippen LogP) is 2.75. The normalized spacial score (nSPS) is 16.5. The van der Waals surface area contributed by atoms with Crippen LogP contribution in [0, 0.1) is 5.92 Å². The number of likely N-dealkylation sites (tertiary alicyclic amines) is 1. The molecule has 29 heavy (non-hydrogen) atoms. The first-order valence-corrected chi connectivity index (χ1v) is 10.5. The number of benzene rings is 1. The zero-order valence-corrected chi connectivity index (χ0v) is 17.6. The lowest BCUT2D eigenvalue weighted by molar-refractivity contribution is 0.0360. The van der Waals surface area contributed by atoms with Gasteiger partial charge in [-0.1, -0.05) is 18.2 Å². The van der Waals surface area contributed by atoms with Crippen molar-refractivity contribution in [3.63, 3.8) is 0 Å². The lowest BCUT2D eigenvalue weighted by Crippen LogP contribution is -2.47. The van der Waals surface area contributed by atoms with Gasteiger partial charge in [0.05, 0.1) is 6.61 Å². The molecule has 2 heterocycles. The molecular formula is C22H32N4O3. The highest BCUT2D eigenvalue weighted by Gasteiger charge is 2.23. The van der Waals surface area contributed by atoms with Crippen LogP contribution in [0.15, 0.2) is 30.3 Å². The molecule has 1 aromatic heterocycles.